The van der Waals surface area contributed by atoms with Crippen molar-refractivity contribution < 1.29 is 9.53 Å². The van der Waals surface area contributed by atoms with Crippen molar-refractivity contribution in [3.8, 4) is 0 Å². The van der Waals surface area contributed by atoms with Crippen LogP contribution in [0.4, 0.5) is 0 Å². The van der Waals surface area contributed by atoms with Crippen molar-refractivity contribution in [2.24, 2.45) is 0 Å². The molecule has 23 heavy (non-hydrogen) atoms. The molecule has 0 aromatic carbocycles. The van der Waals surface area contributed by atoms with Crippen LogP contribution in [-0.2, 0) is 9.53 Å². The Morgan fingerprint density at radius 1 is 0.957 bits per heavy atom. The summed E-state index contributed by atoms with van der Waals surface area (Å²) in [6.45, 7) is 14.1. The molecule has 0 aromatic rings. The zero-order chi connectivity index (χ0) is 17.5. The van der Waals surface area contributed by atoms with Crippen molar-refractivity contribution >= 4 is 5.97 Å². The summed E-state index contributed by atoms with van der Waals surface area (Å²) in [7, 11) is 0. The van der Waals surface area contributed by atoms with Gasteiger partial charge < -0.3 is 4.74 Å². The Morgan fingerprint density at radius 3 is 2.09 bits per heavy atom. The predicted molar refractivity (Wildman–Crippen MR) is 100 cm³/mol. The predicted octanol–water partition coefficient (Wildman–Crippen LogP) is 6.08. The minimum absolute atomic E-state index is 0.261. The molecule has 0 rings (SSSR count). The first-order valence-electron chi connectivity index (χ1n) is 8.42. The summed E-state index contributed by atoms with van der Waals surface area (Å²) in [6.07, 6.45) is 15.5. The van der Waals surface area contributed by atoms with Crippen LogP contribution in [0.5, 0.6) is 0 Å². The van der Waals surface area contributed by atoms with Crippen LogP contribution in [0.25, 0.3) is 0 Å². The summed E-state index contributed by atoms with van der Waals surface area (Å²) < 4.78 is 4.98. The van der Waals surface area contributed by atoms with Gasteiger partial charge >= 0.3 is 5.97 Å². The Morgan fingerprint density at radius 2 is 1.52 bits per heavy atom. The van der Waals surface area contributed by atoms with E-state index < -0.39 is 0 Å². The Kier molecular flexibility index (Phi) is 12.7. The lowest BCUT2D eigenvalue weighted by molar-refractivity contribution is -0.137. The lowest BCUT2D eigenvalue weighted by Crippen LogP contribution is -2.01. The highest BCUT2D eigenvalue weighted by atomic mass is 16.5. The van der Waals surface area contributed by atoms with E-state index in [1.165, 1.54) is 11.1 Å². The van der Waals surface area contributed by atoms with E-state index in [0.717, 1.165) is 44.1 Å². The summed E-state index contributed by atoms with van der Waals surface area (Å²) in [4.78, 5) is 11.6. The van der Waals surface area contributed by atoms with Gasteiger partial charge in [-0.15, -0.1) is 13.2 Å². The number of esters is 1. The Bertz CT molecular complexity index is 460. The van der Waals surface area contributed by atoms with Gasteiger partial charge in [0.15, 0.2) is 0 Å². The number of carbonyl (C=O) groups excluding carboxylic acids is 1. The van der Waals surface area contributed by atoms with E-state index in [9.17, 15) is 4.79 Å². The van der Waals surface area contributed by atoms with Crippen LogP contribution in [0, 0.1) is 0 Å². The minimum atomic E-state index is -0.261. The first-order valence-corrected chi connectivity index (χ1v) is 8.42. The van der Waals surface area contributed by atoms with E-state index in [4.69, 9.17) is 4.74 Å². The van der Waals surface area contributed by atoms with Gasteiger partial charge in [0, 0.05) is 6.08 Å². The second-order valence-electron chi connectivity index (χ2n) is 5.76. The molecule has 0 atom stereocenters. The van der Waals surface area contributed by atoms with Gasteiger partial charge in [0.05, 0.1) is 6.61 Å². The molecule has 0 N–H and O–H groups in total. The lowest BCUT2D eigenvalue weighted by Gasteiger charge is -2.06. The fraction of sp³-hybridized carbons (Fsp3) is 0.476. The maximum absolute atomic E-state index is 11.6. The third kappa shape index (κ3) is 12.4. The van der Waals surface area contributed by atoms with Crippen LogP contribution in [0.2, 0.25) is 0 Å². The van der Waals surface area contributed by atoms with E-state index >= 15 is 0 Å². The van der Waals surface area contributed by atoms with Crippen LogP contribution < -0.4 is 0 Å². The normalized spacial score (nSPS) is 11.8. The quantitative estimate of drug-likeness (QED) is 0.248. The van der Waals surface area contributed by atoms with Crippen molar-refractivity contribution in [3.05, 3.63) is 60.3 Å². The second-order valence-corrected chi connectivity index (χ2v) is 5.76. The van der Waals surface area contributed by atoms with Crippen LogP contribution in [-0.4, -0.2) is 12.6 Å². The molecule has 0 aliphatic carbocycles. The average Bonchev–Trinajstić information content (AvgIpc) is 2.47. The van der Waals surface area contributed by atoms with Crippen LogP contribution >= 0.6 is 0 Å². The highest BCUT2D eigenvalue weighted by molar-refractivity contribution is 5.82. The monoisotopic (exact) mass is 316 g/mol. The molecule has 0 radical (unpaired) electrons. The van der Waals surface area contributed by atoms with E-state index in [1.807, 2.05) is 19.1 Å². The van der Waals surface area contributed by atoms with E-state index in [-0.39, 0.29) is 5.97 Å². The molecule has 0 aromatic heterocycles. The standard InChI is InChI=1S/C21H32O2/c1-6-11-19(14-9-13-18(4)5)15-10-16-20(12-7-2)17-21(22)23-8-3/h6-7,13,15,17H,1-2,8-12,14,16H2,3-5H3/b19-15+,20-17+. The highest BCUT2D eigenvalue weighted by Gasteiger charge is 2.02. The third-order valence-electron chi connectivity index (χ3n) is 3.34. The Labute approximate surface area is 142 Å². The lowest BCUT2D eigenvalue weighted by atomic mass is 10.0. The highest BCUT2D eigenvalue weighted by Crippen LogP contribution is 2.17. The summed E-state index contributed by atoms with van der Waals surface area (Å²) in [5.41, 5.74) is 3.83. The minimum Gasteiger partial charge on any atom is -0.463 e. The molecule has 0 heterocycles. The van der Waals surface area contributed by atoms with Crippen molar-refractivity contribution in [2.75, 3.05) is 6.61 Å². The zero-order valence-corrected chi connectivity index (χ0v) is 15.1. The molecule has 2 nitrogen and oxygen atoms in total. The van der Waals surface area contributed by atoms with Gasteiger partial charge in [-0.05, 0) is 59.3 Å². The number of ether oxygens (including phenoxy) is 1. The first kappa shape index (κ1) is 21.2. The first-order chi connectivity index (χ1) is 11.0. The van der Waals surface area contributed by atoms with Gasteiger partial charge in [0.2, 0.25) is 0 Å². The number of rotatable bonds is 12. The van der Waals surface area contributed by atoms with Gasteiger partial charge in [-0.25, -0.2) is 4.79 Å². The molecule has 0 bridgehead atoms. The van der Waals surface area contributed by atoms with E-state index in [1.54, 1.807) is 6.08 Å². The average molecular weight is 316 g/mol. The molecular formula is C21H32O2. The summed E-state index contributed by atoms with van der Waals surface area (Å²) in [5, 5.41) is 0. The second kappa shape index (κ2) is 13.8. The van der Waals surface area contributed by atoms with E-state index in [0.29, 0.717) is 6.61 Å². The zero-order valence-electron chi connectivity index (χ0n) is 15.1. The molecule has 0 aliphatic rings. The molecular weight excluding hydrogens is 284 g/mol. The smallest absolute Gasteiger partial charge is 0.330 e. The maximum Gasteiger partial charge on any atom is 0.330 e. The van der Waals surface area contributed by atoms with Gasteiger partial charge in [0.1, 0.15) is 0 Å². The molecule has 0 spiro atoms. The number of hydrogen-bond acceptors (Lipinski definition) is 2. The van der Waals surface area contributed by atoms with Gasteiger partial charge in [-0.2, -0.15) is 0 Å². The van der Waals surface area contributed by atoms with Crippen molar-refractivity contribution in [2.45, 2.75) is 59.3 Å². The van der Waals surface area contributed by atoms with Crippen molar-refractivity contribution in [1.82, 2.24) is 0 Å². The third-order valence-corrected chi connectivity index (χ3v) is 3.34. The number of allylic oxidation sites excluding steroid dienone is 7. The molecule has 0 unspecified atom stereocenters. The summed E-state index contributed by atoms with van der Waals surface area (Å²) in [6, 6.07) is 0. The molecule has 0 amide bonds. The van der Waals surface area contributed by atoms with Gasteiger partial charge in [0.25, 0.3) is 0 Å². The van der Waals surface area contributed by atoms with Crippen molar-refractivity contribution in [1.29, 1.82) is 0 Å². The van der Waals surface area contributed by atoms with Crippen LogP contribution in [0.3, 0.4) is 0 Å². The van der Waals surface area contributed by atoms with Gasteiger partial charge in [-0.1, -0.05) is 41.0 Å². The largest absolute Gasteiger partial charge is 0.463 e. The Balaban J connectivity index is 4.63. The maximum atomic E-state index is 11.6. The van der Waals surface area contributed by atoms with Crippen LogP contribution in [0.15, 0.2) is 60.3 Å². The molecule has 0 saturated carbocycles. The molecule has 2 heteroatoms. The Hall–Kier alpha value is -1.83. The molecule has 128 valence electrons. The SMILES string of the molecule is C=CC/C(=C\CC/C(=C/C(=O)OCC)CC=C)CCC=C(C)C. The summed E-state index contributed by atoms with van der Waals surface area (Å²) >= 11 is 0. The fourth-order valence-electron chi connectivity index (χ4n) is 2.25. The number of hydrogen-bond donors (Lipinski definition) is 0. The van der Waals surface area contributed by atoms with E-state index in [2.05, 4.69) is 39.2 Å². The molecule has 0 saturated heterocycles. The van der Waals surface area contributed by atoms with Crippen molar-refractivity contribution in [3.63, 3.8) is 0 Å². The summed E-state index contributed by atoms with van der Waals surface area (Å²) in [5.74, 6) is -0.261. The molecule has 0 aliphatic heterocycles. The fourth-order valence-corrected chi connectivity index (χ4v) is 2.25. The van der Waals surface area contributed by atoms with Crippen LogP contribution in [0.1, 0.15) is 59.3 Å². The number of carbonyl (C=O) groups is 1. The molecule has 0 fully saturated rings. The topological polar surface area (TPSA) is 26.3 Å². The van der Waals surface area contributed by atoms with Gasteiger partial charge in [-0.3, -0.25) is 0 Å².